The van der Waals surface area contributed by atoms with E-state index in [1.165, 1.54) is 48.2 Å². The van der Waals surface area contributed by atoms with Crippen LogP contribution in [0.25, 0.3) is 0 Å². The summed E-state index contributed by atoms with van der Waals surface area (Å²) in [4.78, 5) is 0. The maximum absolute atomic E-state index is 12.1. The molecule has 6 rings (SSSR count). The highest BCUT2D eigenvalue weighted by Gasteiger charge is 2.77. The van der Waals surface area contributed by atoms with Crippen molar-refractivity contribution in [3.8, 4) is 0 Å². The number of aliphatic hydroxyl groups is 2. The van der Waals surface area contributed by atoms with Gasteiger partial charge in [-0.15, -0.1) is 0 Å². The van der Waals surface area contributed by atoms with Crippen molar-refractivity contribution in [3.05, 3.63) is 22.8 Å². The van der Waals surface area contributed by atoms with Crippen molar-refractivity contribution in [1.82, 2.24) is 0 Å². The van der Waals surface area contributed by atoms with Crippen LogP contribution in [0.5, 0.6) is 0 Å². The third-order valence-corrected chi connectivity index (χ3v) is 13.9. The third-order valence-electron chi connectivity index (χ3n) is 13.0. The Morgan fingerprint density at radius 1 is 1.00 bits per heavy atom. The van der Waals surface area contributed by atoms with Gasteiger partial charge in [0.15, 0.2) is 5.79 Å². The van der Waals surface area contributed by atoms with Gasteiger partial charge in [-0.05, 0) is 105 Å². The summed E-state index contributed by atoms with van der Waals surface area (Å²) < 4.78 is 6.51. The Hall–Kier alpha value is -0.290. The number of rotatable bonds is 4. The predicted molar refractivity (Wildman–Crippen MR) is 149 cm³/mol. The standard InChI is InChI=1S/C32H50O3S/c1-19(2)14-21(15-22-16-36-22)20(3)27-23-8-9-25-29(6)12-11-26(33)28(4,5)24(29)10-13-30(25,7)31(23)17-32(27,34)35-18-31/h14,22-27,33-34H,8-13,15-18H2,1-7H3/b21-20-/t22?,23?,24?,25?,26?,27?,29-,30+,31?,32+/m0/s1. The molecular weight excluding hydrogens is 464 g/mol. The Balaban J connectivity index is 1.40. The van der Waals surface area contributed by atoms with Crippen LogP contribution in [-0.2, 0) is 4.74 Å². The summed E-state index contributed by atoms with van der Waals surface area (Å²) in [6, 6.07) is 0. The Kier molecular flexibility index (Phi) is 5.85. The van der Waals surface area contributed by atoms with E-state index in [1.807, 2.05) is 0 Å². The van der Waals surface area contributed by atoms with Gasteiger partial charge in [0, 0.05) is 28.8 Å². The zero-order valence-electron chi connectivity index (χ0n) is 23.8. The summed E-state index contributed by atoms with van der Waals surface area (Å²) in [7, 11) is 0. The molecule has 2 heterocycles. The molecule has 4 heteroatoms. The molecule has 10 atom stereocenters. The molecule has 2 bridgehead atoms. The molecule has 2 aliphatic heterocycles. The SMILES string of the molecule is CC(C)=C/C(CC1CS1)=C(\C)C1C2CCC3[C@@]4(C)CCC(O)C(C)(C)C4CC[C@@]3(C)C23CO[C@]1(O)C3. The third kappa shape index (κ3) is 3.35. The Morgan fingerprint density at radius 2 is 1.72 bits per heavy atom. The normalized spacial score (nSPS) is 53.1. The lowest BCUT2D eigenvalue weighted by atomic mass is 9.35. The molecule has 202 valence electrons. The highest BCUT2D eigenvalue weighted by molar-refractivity contribution is 8.06. The minimum Gasteiger partial charge on any atom is -0.393 e. The number of ether oxygens (including phenoxy) is 1. The van der Waals surface area contributed by atoms with Crippen molar-refractivity contribution in [2.24, 2.45) is 45.3 Å². The van der Waals surface area contributed by atoms with Crippen molar-refractivity contribution >= 4 is 11.8 Å². The van der Waals surface area contributed by atoms with Gasteiger partial charge in [0.05, 0.1) is 12.7 Å². The number of hydrogen-bond donors (Lipinski definition) is 2. The smallest absolute Gasteiger partial charge is 0.172 e. The van der Waals surface area contributed by atoms with E-state index in [-0.39, 0.29) is 33.7 Å². The van der Waals surface area contributed by atoms with E-state index >= 15 is 0 Å². The summed E-state index contributed by atoms with van der Waals surface area (Å²) in [6.07, 6.45) is 11.1. The van der Waals surface area contributed by atoms with Crippen molar-refractivity contribution < 1.29 is 14.9 Å². The molecule has 4 aliphatic carbocycles. The molecule has 1 spiro atoms. The van der Waals surface area contributed by atoms with E-state index in [0.29, 0.717) is 17.8 Å². The lowest BCUT2D eigenvalue weighted by Gasteiger charge is -2.70. The molecule has 2 N–H and O–H groups in total. The van der Waals surface area contributed by atoms with E-state index in [4.69, 9.17) is 4.74 Å². The predicted octanol–water partition coefficient (Wildman–Crippen LogP) is 7.13. The van der Waals surface area contributed by atoms with Gasteiger partial charge in [0.25, 0.3) is 0 Å². The number of fused-ring (bicyclic) bond motifs is 4. The molecule has 2 saturated heterocycles. The van der Waals surface area contributed by atoms with Gasteiger partial charge in [0.1, 0.15) is 0 Å². The van der Waals surface area contributed by atoms with E-state index in [0.717, 1.165) is 37.5 Å². The second kappa shape index (κ2) is 8.12. The summed E-state index contributed by atoms with van der Waals surface area (Å²) >= 11 is 2.07. The second-order valence-corrected chi connectivity index (χ2v) is 16.5. The molecule has 0 aromatic heterocycles. The first kappa shape index (κ1) is 26.0. The van der Waals surface area contributed by atoms with Gasteiger partial charge in [-0.3, -0.25) is 0 Å². The number of thioether (sulfide) groups is 1. The van der Waals surface area contributed by atoms with Crippen LogP contribution in [-0.4, -0.2) is 39.7 Å². The molecule has 0 aromatic rings. The first-order chi connectivity index (χ1) is 16.8. The molecule has 0 amide bonds. The minimum absolute atomic E-state index is 0.0205. The lowest BCUT2D eigenvalue weighted by molar-refractivity contribution is -0.256. The van der Waals surface area contributed by atoms with Crippen LogP contribution in [0.3, 0.4) is 0 Å². The zero-order chi connectivity index (χ0) is 25.9. The van der Waals surface area contributed by atoms with Gasteiger partial charge in [-0.2, -0.15) is 11.8 Å². The van der Waals surface area contributed by atoms with Crippen LogP contribution in [0.2, 0.25) is 0 Å². The van der Waals surface area contributed by atoms with Crippen LogP contribution in [0.4, 0.5) is 0 Å². The topological polar surface area (TPSA) is 49.7 Å². The number of aliphatic hydroxyl groups excluding tert-OH is 1. The Morgan fingerprint density at radius 3 is 2.39 bits per heavy atom. The molecule has 36 heavy (non-hydrogen) atoms. The molecule has 3 nitrogen and oxygen atoms in total. The quantitative estimate of drug-likeness (QED) is 0.309. The van der Waals surface area contributed by atoms with Crippen LogP contribution in [0.1, 0.15) is 99.8 Å². The summed E-state index contributed by atoms with van der Waals surface area (Å²) in [5, 5.41) is 23.8. The zero-order valence-corrected chi connectivity index (χ0v) is 24.6. The fourth-order valence-electron chi connectivity index (χ4n) is 11.2. The first-order valence-corrected chi connectivity index (χ1v) is 15.8. The van der Waals surface area contributed by atoms with Crippen molar-refractivity contribution in [2.75, 3.05) is 12.4 Å². The summed E-state index contributed by atoms with van der Waals surface area (Å²) in [6.45, 7) is 17.3. The average Bonchev–Trinajstić information content (AvgIpc) is 3.47. The Bertz CT molecular complexity index is 991. The van der Waals surface area contributed by atoms with Gasteiger partial charge in [-0.25, -0.2) is 0 Å². The largest absolute Gasteiger partial charge is 0.393 e. The molecule has 0 radical (unpaired) electrons. The highest BCUT2D eigenvalue weighted by atomic mass is 32.2. The fraction of sp³-hybridized carbons (Fsp3) is 0.875. The van der Waals surface area contributed by atoms with Gasteiger partial charge < -0.3 is 14.9 Å². The number of allylic oxidation sites excluding steroid dienone is 3. The minimum atomic E-state index is -1.01. The molecule has 7 unspecified atom stereocenters. The molecule has 0 aromatic carbocycles. The summed E-state index contributed by atoms with van der Waals surface area (Å²) in [5.74, 6) is 2.10. The monoisotopic (exact) mass is 514 g/mol. The average molecular weight is 515 g/mol. The second-order valence-electron chi connectivity index (χ2n) is 15.2. The summed E-state index contributed by atoms with van der Waals surface area (Å²) in [5.41, 5.74) is 4.70. The molecule has 6 aliphatic rings. The Labute approximate surface area is 223 Å². The van der Waals surface area contributed by atoms with Gasteiger partial charge >= 0.3 is 0 Å². The maximum Gasteiger partial charge on any atom is 0.172 e. The first-order valence-electron chi connectivity index (χ1n) is 14.8. The van der Waals surface area contributed by atoms with E-state index < -0.39 is 5.79 Å². The lowest BCUT2D eigenvalue weighted by Crippen LogP contribution is -2.65. The molecule has 6 fully saturated rings. The van der Waals surface area contributed by atoms with Crippen LogP contribution >= 0.6 is 11.8 Å². The van der Waals surface area contributed by atoms with Gasteiger partial charge in [-0.1, -0.05) is 44.9 Å². The van der Waals surface area contributed by atoms with Gasteiger partial charge in [0.2, 0.25) is 0 Å². The van der Waals surface area contributed by atoms with Crippen molar-refractivity contribution in [2.45, 2.75) is 117 Å². The number of hydrogen-bond acceptors (Lipinski definition) is 4. The van der Waals surface area contributed by atoms with Crippen molar-refractivity contribution in [1.29, 1.82) is 0 Å². The van der Waals surface area contributed by atoms with Crippen molar-refractivity contribution in [3.63, 3.8) is 0 Å². The van der Waals surface area contributed by atoms with E-state index in [2.05, 4.69) is 66.3 Å². The van der Waals surface area contributed by atoms with E-state index in [9.17, 15) is 10.2 Å². The maximum atomic E-state index is 12.1. The fourth-order valence-corrected chi connectivity index (χ4v) is 11.7. The molecule has 4 saturated carbocycles. The molecular formula is C32H50O3S. The van der Waals surface area contributed by atoms with Crippen LogP contribution < -0.4 is 0 Å². The highest BCUT2D eigenvalue weighted by Crippen LogP contribution is 2.79. The van der Waals surface area contributed by atoms with E-state index in [1.54, 1.807) is 0 Å². The van der Waals surface area contributed by atoms with Crippen LogP contribution in [0.15, 0.2) is 22.8 Å². The van der Waals surface area contributed by atoms with Crippen LogP contribution in [0, 0.1) is 45.3 Å².